The van der Waals surface area contributed by atoms with Gasteiger partial charge in [0.15, 0.2) is 0 Å². The van der Waals surface area contributed by atoms with Gasteiger partial charge in [-0.25, -0.2) is 0 Å². The van der Waals surface area contributed by atoms with E-state index in [1.165, 1.54) is 0 Å². The third-order valence-electron chi connectivity index (χ3n) is 3.86. The van der Waals surface area contributed by atoms with Gasteiger partial charge in [-0.2, -0.15) is 5.10 Å². The predicted octanol–water partition coefficient (Wildman–Crippen LogP) is 4.29. The minimum atomic E-state index is -0.266. The molecule has 2 amide bonds. The van der Waals surface area contributed by atoms with Gasteiger partial charge in [0.1, 0.15) is 0 Å². The third kappa shape index (κ3) is 4.00. The summed E-state index contributed by atoms with van der Waals surface area (Å²) in [6.07, 6.45) is 0. The van der Waals surface area contributed by atoms with Gasteiger partial charge in [0, 0.05) is 21.3 Å². The topological polar surface area (TPSA) is 86.9 Å². The van der Waals surface area contributed by atoms with E-state index in [4.69, 9.17) is 0 Å². The molecule has 3 aromatic rings. The second-order valence-corrected chi connectivity index (χ2v) is 6.72. The van der Waals surface area contributed by atoms with Gasteiger partial charge in [0.2, 0.25) is 0 Å². The molecule has 0 atom stereocenters. The molecule has 2 aromatic carbocycles. The van der Waals surface area contributed by atoms with Crippen LogP contribution in [0.25, 0.3) is 0 Å². The molecule has 3 N–H and O–H groups in total. The minimum absolute atomic E-state index is 0.239. The van der Waals surface area contributed by atoms with Gasteiger partial charge in [0.25, 0.3) is 11.8 Å². The maximum atomic E-state index is 12.5. The van der Waals surface area contributed by atoms with Crippen LogP contribution in [0.2, 0.25) is 0 Å². The van der Waals surface area contributed by atoms with Gasteiger partial charge in [-0.3, -0.25) is 14.7 Å². The van der Waals surface area contributed by atoms with Crippen LogP contribution in [0, 0.1) is 13.8 Å². The van der Waals surface area contributed by atoms with E-state index in [2.05, 4.69) is 36.8 Å². The van der Waals surface area contributed by atoms with Crippen LogP contribution in [-0.4, -0.2) is 22.0 Å². The van der Waals surface area contributed by atoms with E-state index >= 15 is 0 Å². The molecule has 26 heavy (non-hydrogen) atoms. The molecule has 6 nitrogen and oxygen atoms in total. The molecular formula is C19H17BrN4O2. The van der Waals surface area contributed by atoms with E-state index in [0.717, 1.165) is 15.9 Å². The SMILES string of the molecule is Cc1n[nH]c(C)c1NC(=O)c1cccc(NC(=O)c2ccc(Br)cc2)c1. The number of halogens is 1. The van der Waals surface area contributed by atoms with Crippen LogP contribution < -0.4 is 10.6 Å². The highest BCUT2D eigenvalue weighted by molar-refractivity contribution is 9.10. The monoisotopic (exact) mass is 412 g/mol. The van der Waals surface area contributed by atoms with Crippen molar-refractivity contribution in [3.63, 3.8) is 0 Å². The van der Waals surface area contributed by atoms with Gasteiger partial charge in [-0.15, -0.1) is 0 Å². The number of H-pyrrole nitrogens is 1. The number of carbonyl (C=O) groups excluding carboxylic acids is 2. The molecule has 1 heterocycles. The second kappa shape index (κ2) is 7.53. The van der Waals surface area contributed by atoms with Crippen molar-refractivity contribution in [2.75, 3.05) is 10.6 Å². The summed E-state index contributed by atoms with van der Waals surface area (Å²) in [6, 6.07) is 13.8. The van der Waals surface area contributed by atoms with Gasteiger partial charge in [-0.05, 0) is 56.3 Å². The Bertz CT molecular complexity index is 944. The summed E-state index contributed by atoms with van der Waals surface area (Å²) in [7, 11) is 0. The average Bonchev–Trinajstić information content (AvgIpc) is 2.94. The molecule has 0 aliphatic carbocycles. The molecule has 132 valence electrons. The van der Waals surface area contributed by atoms with Crippen molar-refractivity contribution in [2.45, 2.75) is 13.8 Å². The van der Waals surface area contributed by atoms with Crippen LogP contribution in [0.3, 0.4) is 0 Å². The van der Waals surface area contributed by atoms with Crippen LogP contribution in [-0.2, 0) is 0 Å². The fourth-order valence-electron chi connectivity index (χ4n) is 2.46. The Balaban J connectivity index is 1.74. The number of aryl methyl sites for hydroxylation is 2. The summed E-state index contributed by atoms with van der Waals surface area (Å²) in [5, 5.41) is 12.5. The Labute approximate surface area is 159 Å². The summed E-state index contributed by atoms with van der Waals surface area (Å²) < 4.78 is 0.901. The van der Waals surface area contributed by atoms with E-state index in [-0.39, 0.29) is 11.8 Å². The van der Waals surface area contributed by atoms with Crippen LogP contribution in [0.5, 0.6) is 0 Å². The highest BCUT2D eigenvalue weighted by Gasteiger charge is 2.13. The van der Waals surface area contributed by atoms with Crippen molar-refractivity contribution in [1.29, 1.82) is 0 Å². The largest absolute Gasteiger partial charge is 0.322 e. The van der Waals surface area contributed by atoms with Crippen molar-refractivity contribution in [3.05, 3.63) is 75.5 Å². The molecule has 0 saturated heterocycles. The molecule has 7 heteroatoms. The number of aromatic nitrogens is 2. The minimum Gasteiger partial charge on any atom is -0.322 e. The molecule has 0 saturated carbocycles. The summed E-state index contributed by atoms with van der Waals surface area (Å²) in [4.78, 5) is 24.8. The first-order valence-electron chi connectivity index (χ1n) is 7.94. The quantitative estimate of drug-likeness (QED) is 0.596. The number of rotatable bonds is 4. The normalized spacial score (nSPS) is 10.4. The molecule has 0 bridgehead atoms. The Morgan fingerprint density at radius 3 is 2.31 bits per heavy atom. The lowest BCUT2D eigenvalue weighted by molar-refractivity contribution is 0.101. The zero-order valence-corrected chi connectivity index (χ0v) is 15.8. The van der Waals surface area contributed by atoms with E-state index < -0.39 is 0 Å². The molecule has 1 aromatic heterocycles. The Morgan fingerprint density at radius 1 is 0.962 bits per heavy atom. The molecule has 0 aliphatic rings. The maximum absolute atomic E-state index is 12.5. The summed E-state index contributed by atoms with van der Waals surface area (Å²) in [5.41, 5.74) is 3.70. The molecule has 0 radical (unpaired) electrons. The molecule has 0 spiro atoms. The summed E-state index contributed by atoms with van der Waals surface area (Å²) in [5.74, 6) is -0.506. The highest BCUT2D eigenvalue weighted by Crippen LogP contribution is 2.19. The van der Waals surface area contributed by atoms with Gasteiger partial charge < -0.3 is 10.6 Å². The highest BCUT2D eigenvalue weighted by atomic mass is 79.9. The van der Waals surface area contributed by atoms with Crippen molar-refractivity contribution in [2.24, 2.45) is 0 Å². The average molecular weight is 413 g/mol. The lowest BCUT2D eigenvalue weighted by Crippen LogP contribution is -2.15. The van der Waals surface area contributed by atoms with E-state index in [0.29, 0.717) is 22.5 Å². The first-order valence-corrected chi connectivity index (χ1v) is 8.73. The van der Waals surface area contributed by atoms with E-state index in [9.17, 15) is 9.59 Å². The van der Waals surface area contributed by atoms with Crippen LogP contribution >= 0.6 is 15.9 Å². The van der Waals surface area contributed by atoms with Gasteiger partial charge in [-0.1, -0.05) is 22.0 Å². The van der Waals surface area contributed by atoms with Gasteiger partial charge in [0.05, 0.1) is 17.1 Å². The standard InChI is InChI=1S/C19H17BrN4O2/c1-11-17(12(2)24-23-11)22-19(26)14-4-3-5-16(10-14)21-18(25)13-6-8-15(20)9-7-13/h3-10H,1-2H3,(H,21,25)(H,22,26)(H,23,24). The summed E-state index contributed by atoms with van der Waals surface area (Å²) >= 11 is 3.34. The smallest absolute Gasteiger partial charge is 0.255 e. The lowest BCUT2D eigenvalue weighted by Gasteiger charge is -2.09. The molecule has 0 fully saturated rings. The van der Waals surface area contributed by atoms with Crippen LogP contribution in [0.4, 0.5) is 11.4 Å². The Morgan fingerprint density at radius 2 is 1.65 bits per heavy atom. The van der Waals surface area contributed by atoms with E-state index in [1.807, 2.05) is 13.8 Å². The number of aromatic amines is 1. The molecule has 3 rings (SSSR count). The molecular weight excluding hydrogens is 396 g/mol. The first kappa shape index (κ1) is 17.9. The number of nitrogens with one attached hydrogen (secondary N) is 3. The zero-order valence-electron chi connectivity index (χ0n) is 14.3. The van der Waals surface area contributed by atoms with Gasteiger partial charge >= 0.3 is 0 Å². The predicted molar refractivity (Wildman–Crippen MR) is 105 cm³/mol. The molecule has 0 unspecified atom stereocenters. The number of hydrogen-bond acceptors (Lipinski definition) is 3. The second-order valence-electron chi connectivity index (χ2n) is 5.80. The third-order valence-corrected chi connectivity index (χ3v) is 4.38. The van der Waals surface area contributed by atoms with Crippen molar-refractivity contribution in [3.8, 4) is 0 Å². The number of carbonyl (C=O) groups is 2. The van der Waals surface area contributed by atoms with Crippen molar-refractivity contribution in [1.82, 2.24) is 10.2 Å². The first-order chi connectivity index (χ1) is 12.4. The van der Waals surface area contributed by atoms with E-state index in [1.54, 1.807) is 48.5 Å². The molecule has 0 aliphatic heterocycles. The lowest BCUT2D eigenvalue weighted by atomic mass is 10.1. The van der Waals surface area contributed by atoms with Crippen LogP contribution in [0.1, 0.15) is 32.1 Å². The Hall–Kier alpha value is -2.93. The number of hydrogen-bond donors (Lipinski definition) is 3. The fourth-order valence-corrected chi connectivity index (χ4v) is 2.73. The zero-order chi connectivity index (χ0) is 18.7. The fraction of sp³-hybridized carbons (Fsp3) is 0.105. The summed E-state index contributed by atoms with van der Waals surface area (Å²) in [6.45, 7) is 3.65. The number of amides is 2. The van der Waals surface area contributed by atoms with Crippen molar-refractivity contribution >= 4 is 39.1 Å². The number of anilines is 2. The maximum Gasteiger partial charge on any atom is 0.255 e. The number of benzene rings is 2. The van der Waals surface area contributed by atoms with Crippen molar-refractivity contribution < 1.29 is 9.59 Å². The van der Waals surface area contributed by atoms with Crippen LogP contribution in [0.15, 0.2) is 53.0 Å². The Kier molecular flexibility index (Phi) is 5.18. The number of nitrogens with zero attached hydrogens (tertiary/aromatic N) is 1.